The molecule has 0 saturated carbocycles. The molecule has 1 heterocycles. The first kappa shape index (κ1) is 21.7. The number of benzene rings is 3. The minimum atomic E-state index is -3.82. The van der Waals surface area contributed by atoms with Crippen LogP contribution < -0.4 is 14.4 Å². The van der Waals surface area contributed by atoms with Crippen LogP contribution in [0.5, 0.6) is 5.75 Å². The molecule has 1 fully saturated rings. The summed E-state index contributed by atoms with van der Waals surface area (Å²) in [6.45, 7) is 2.81. The van der Waals surface area contributed by atoms with E-state index < -0.39 is 10.0 Å². The van der Waals surface area contributed by atoms with Gasteiger partial charge in [-0.25, -0.2) is 8.42 Å². The number of hydrogen-bond donors (Lipinski definition) is 1. The fraction of sp³-hybridized carbons (Fsp3) is 0.208. The molecule has 0 bridgehead atoms. The average molecular weight is 452 g/mol. The molecule has 32 heavy (non-hydrogen) atoms. The Morgan fingerprint density at radius 2 is 1.47 bits per heavy atom. The zero-order chi connectivity index (χ0) is 22.6. The van der Waals surface area contributed by atoms with Crippen molar-refractivity contribution in [1.82, 2.24) is 4.90 Å². The second kappa shape index (κ2) is 9.32. The molecule has 0 aliphatic carbocycles. The van der Waals surface area contributed by atoms with Crippen LogP contribution >= 0.6 is 0 Å². The normalized spacial score (nSPS) is 14.2. The number of nitrogens with zero attached hydrogens (tertiary/aromatic N) is 2. The van der Waals surface area contributed by atoms with Crippen molar-refractivity contribution in [2.45, 2.75) is 4.90 Å². The van der Waals surface area contributed by atoms with E-state index in [1.165, 1.54) is 13.2 Å². The molecule has 166 valence electrons. The molecule has 0 radical (unpaired) electrons. The summed E-state index contributed by atoms with van der Waals surface area (Å²) in [5.41, 5.74) is 2.06. The fourth-order valence-electron chi connectivity index (χ4n) is 3.72. The van der Waals surface area contributed by atoms with E-state index in [0.29, 0.717) is 24.3 Å². The van der Waals surface area contributed by atoms with Crippen molar-refractivity contribution < 1.29 is 17.9 Å². The van der Waals surface area contributed by atoms with Crippen LogP contribution in [0.25, 0.3) is 0 Å². The highest BCUT2D eigenvalue weighted by molar-refractivity contribution is 7.92. The molecule has 7 nitrogen and oxygen atoms in total. The molecule has 0 atom stereocenters. The van der Waals surface area contributed by atoms with E-state index >= 15 is 0 Å². The lowest BCUT2D eigenvalue weighted by molar-refractivity contribution is 0.0747. The van der Waals surface area contributed by atoms with E-state index in [2.05, 4.69) is 21.8 Å². The lowest BCUT2D eigenvalue weighted by atomic mass is 10.1. The van der Waals surface area contributed by atoms with Gasteiger partial charge >= 0.3 is 0 Å². The highest BCUT2D eigenvalue weighted by atomic mass is 32.2. The summed E-state index contributed by atoms with van der Waals surface area (Å²) in [5.74, 6) is 0.207. The summed E-state index contributed by atoms with van der Waals surface area (Å²) in [4.78, 5) is 17.0. The molecule has 1 saturated heterocycles. The van der Waals surface area contributed by atoms with Crippen molar-refractivity contribution in [2.24, 2.45) is 0 Å². The van der Waals surface area contributed by atoms with Crippen LogP contribution in [0.4, 0.5) is 11.4 Å². The van der Waals surface area contributed by atoms with Gasteiger partial charge in [-0.15, -0.1) is 0 Å². The minimum Gasteiger partial charge on any atom is -0.495 e. The summed E-state index contributed by atoms with van der Waals surface area (Å²) in [5, 5.41) is 0. The number of sulfonamides is 1. The first-order valence-electron chi connectivity index (χ1n) is 10.3. The van der Waals surface area contributed by atoms with Crippen LogP contribution in [-0.4, -0.2) is 52.5 Å². The predicted molar refractivity (Wildman–Crippen MR) is 125 cm³/mol. The van der Waals surface area contributed by atoms with Gasteiger partial charge in [0, 0.05) is 43.1 Å². The molecule has 1 aliphatic rings. The van der Waals surface area contributed by atoms with Gasteiger partial charge in [0.15, 0.2) is 0 Å². The minimum absolute atomic E-state index is 0.0546. The highest BCUT2D eigenvalue weighted by Gasteiger charge is 2.23. The summed E-state index contributed by atoms with van der Waals surface area (Å²) >= 11 is 0. The Balaban J connectivity index is 1.40. The molecule has 3 aromatic carbocycles. The zero-order valence-electron chi connectivity index (χ0n) is 17.8. The van der Waals surface area contributed by atoms with Gasteiger partial charge in [-0.2, -0.15) is 0 Å². The van der Waals surface area contributed by atoms with Crippen molar-refractivity contribution >= 4 is 27.3 Å². The second-order valence-corrected chi connectivity index (χ2v) is 9.10. The third kappa shape index (κ3) is 4.70. The maximum absolute atomic E-state index is 12.9. The van der Waals surface area contributed by atoms with E-state index in [1.807, 2.05) is 23.1 Å². The molecular formula is C24H25N3O4S. The van der Waals surface area contributed by atoms with Crippen LogP contribution in [0, 0.1) is 0 Å². The Labute approximate surface area is 188 Å². The van der Waals surface area contributed by atoms with Gasteiger partial charge in [-0.05, 0) is 48.5 Å². The smallest absolute Gasteiger partial charge is 0.265 e. The lowest BCUT2D eigenvalue weighted by Gasteiger charge is -2.36. The van der Waals surface area contributed by atoms with Gasteiger partial charge in [0.2, 0.25) is 0 Å². The number of carbonyl (C=O) groups is 1. The molecule has 3 aromatic rings. The number of nitrogens with one attached hydrogen (secondary N) is 1. The van der Waals surface area contributed by atoms with Gasteiger partial charge in [0.1, 0.15) is 10.6 Å². The first-order chi connectivity index (χ1) is 15.5. The Hall–Kier alpha value is -3.52. The molecule has 8 heteroatoms. The molecule has 0 unspecified atom stereocenters. The third-order valence-corrected chi connectivity index (χ3v) is 6.85. The average Bonchev–Trinajstić information content (AvgIpc) is 2.84. The zero-order valence-corrected chi connectivity index (χ0v) is 18.6. The van der Waals surface area contributed by atoms with Crippen molar-refractivity contribution in [3.05, 3.63) is 84.4 Å². The standard InChI is InChI=1S/C24H25N3O4S/c1-31-22-9-5-6-10-23(22)32(29,30)25-20-13-11-19(12-14-20)24(28)27-17-15-26(16-18-27)21-7-3-2-4-8-21/h2-14,25H,15-18H2,1H3. The third-order valence-electron chi connectivity index (χ3n) is 5.43. The van der Waals surface area contributed by atoms with Crippen LogP contribution in [0.15, 0.2) is 83.8 Å². The second-order valence-electron chi connectivity index (χ2n) is 7.45. The quantitative estimate of drug-likeness (QED) is 0.621. The Morgan fingerprint density at radius 3 is 2.12 bits per heavy atom. The molecule has 1 N–H and O–H groups in total. The molecular weight excluding hydrogens is 426 g/mol. The van der Waals surface area contributed by atoms with Gasteiger partial charge in [-0.3, -0.25) is 9.52 Å². The van der Waals surface area contributed by atoms with E-state index in [1.54, 1.807) is 42.5 Å². The van der Waals surface area contributed by atoms with Crippen molar-refractivity contribution in [1.29, 1.82) is 0 Å². The van der Waals surface area contributed by atoms with Crippen LogP contribution in [-0.2, 0) is 10.0 Å². The number of ether oxygens (including phenoxy) is 1. The van der Waals surface area contributed by atoms with Crippen LogP contribution in [0.1, 0.15) is 10.4 Å². The summed E-state index contributed by atoms with van der Waals surface area (Å²) in [6, 6.07) is 23.1. The number of hydrogen-bond acceptors (Lipinski definition) is 5. The molecule has 4 rings (SSSR count). The Bertz CT molecular complexity index is 1170. The van der Waals surface area contributed by atoms with E-state index in [-0.39, 0.29) is 16.6 Å². The van der Waals surface area contributed by atoms with Gasteiger partial charge < -0.3 is 14.5 Å². The monoisotopic (exact) mass is 451 g/mol. The maximum atomic E-state index is 12.9. The first-order valence-corrected chi connectivity index (χ1v) is 11.8. The van der Waals surface area contributed by atoms with Crippen molar-refractivity contribution in [3.63, 3.8) is 0 Å². The summed E-state index contributed by atoms with van der Waals surface area (Å²) < 4.78 is 33.1. The molecule has 0 spiro atoms. The predicted octanol–water partition coefficient (Wildman–Crippen LogP) is 3.46. The van der Waals surface area contributed by atoms with Gasteiger partial charge in [0.25, 0.3) is 15.9 Å². The number of methoxy groups -OCH3 is 1. The molecule has 1 amide bonds. The SMILES string of the molecule is COc1ccccc1S(=O)(=O)Nc1ccc(C(=O)N2CCN(c3ccccc3)CC2)cc1. The maximum Gasteiger partial charge on any atom is 0.265 e. The number of anilines is 2. The highest BCUT2D eigenvalue weighted by Crippen LogP contribution is 2.25. The van der Waals surface area contributed by atoms with Crippen LogP contribution in [0.2, 0.25) is 0 Å². The van der Waals surface area contributed by atoms with Gasteiger partial charge in [0.05, 0.1) is 7.11 Å². The lowest BCUT2D eigenvalue weighted by Crippen LogP contribution is -2.48. The summed E-state index contributed by atoms with van der Waals surface area (Å²) in [6.07, 6.45) is 0. The number of piperazine rings is 1. The number of carbonyl (C=O) groups excluding carboxylic acids is 1. The van der Waals surface area contributed by atoms with E-state index in [0.717, 1.165) is 18.8 Å². The number of amides is 1. The van der Waals surface area contributed by atoms with E-state index in [9.17, 15) is 13.2 Å². The van der Waals surface area contributed by atoms with Gasteiger partial charge in [-0.1, -0.05) is 30.3 Å². The molecule has 0 aromatic heterocycles. The summed E-state index contributed by atoms with van der Waals surface area (Å²) in [7, 11) is -2.39. The topological polar surface area (TPSA) is 78.9 Å². The number of rotatable bonds is 6. The number of para-hydroxylation sites is 2. The van der Waals surface area contributed by atoms with Crippen molar-refractivity contribution in [2.75, 3.05) is 42.9 Å². The Morgan fingerprint density at radius 1 is 0.844 bits per heavy atom. The van der Waals surface area contributed by atoms with Crippen molar-refractivity contribution in [3.8, 4) is 5.75 Å². The fourth-order valence-corrected chi connectivity index (χ4v) is 4.95. The largest absolute Gasteiger partial charge is 0.495 e. The Kier molecular flexibility index (Phi) is 6.32. The van der Waals surface area contributed by atoms with E-state index in [4.69, 9.17) is 4.74 Å². The molecule has 1 aliphatic heterocycles. The van der Waals surface area contributed by atoms with Crippen LogP contribution in [0.3, 0.4) is 0 Å².